The van der Waals surface area contributed by atoms with Crippen molar-refractivity contribution in [3.05, 3.63) is 95.1 Å². The summed E-state index contributed by atoms with van der Waals surface area (Å²) < 4.78 is -0.610. The van der Waals surface area contributed by atoms with Crippen LogP contribution in [0.4, 0.5) is 0 Å². The maximum atomic E-state index is 13.8. The van der Waals surface area contributed by atoms with E-state index in [9.17, 15) is 29.7 Å². The van der Waals surface area contributed by atoms with E-state index >= 15 is 0 Å². The van der Waals surface area contributed by atoms with Crippen LogP contribution >= 0.6 is 11.8 Å². The lowest BCUT2D eigenvalue weighted by Crippen LogP contribution is -2.58. The van der Waals surface area contributed by atoms with Gasteiger partial charge in [-0.25, -0.2) is 0 Å². The molecule has 4 rings (SSSR count). The predicted octanol–water partition coefficient (Wildman–Crippen LogP) is 3.54. The minimum absolute atomic E-state index is 0.0315. The first-order valence-electron chi connectivity index (χ1n) is 14.3. The molecule has 0 bridgehead atoms. The van der Waals surface area contributed by atoms with Gasteiger partial charge in [0.05, 0.1) is 11.9 Å². The van der Waals surface area contributed by atoms with E-state index in [1.165, 1.54) is 22.7 Å². The van der Waals surface area contributed by atoms with E-state index in [1.807, 2.05) is 50.2 Å². The molecule has 3 aromatic carbocycles. The fourth-order valence-corrected chi connectivity index (χ4v) is 6.43. The van der Waals surface area contributed by atoms with Crippen molar-refractivity contribution in [2.24, 2.45) is 0 Å². The molecular weight excluding hydrogens is 566 g/mol. The number of benzene rings is 3. The molecule has 3 atom stereocenters. The summed E-state index contributed by atoms with van der Waals surface area (Å²) in [5.41, 5.74) is 2.39. The van der Waals surface area contributed by atoms with Crippen LogP contribution in [-0.2, 0) is 22.4 Å². The molecule has 0 radical (unpaired) electrons. The van der Waals surface area contributed by atoms with E-state index in [4.69, 9.17) is 0 Å². The van der Waals surface area contributed by atoms with Crippen molar-refractivity contribution >= 4 is 29.5 Å². The second-order valence-electron chi connectivity index (χ2n) is 11.3. The van der Waals surface area contributed by atoms with E-state index in [-0.39, 0.29) is 35.3 Å². The number of carbonyl (C=O) groups excluding carboxylic acids is 3. The SMILES string of the molecule is Cc1c(O)cccc1C(=O)N[C@@H](Cc1ccccc1)[C@H](O)C(=O)N1CSC(C)(C)[C@H]1C(=O)NCCCc1cccc(O)c1. The molecule has 9 nitrogen and oxygen atoms in total. The maximum absolute atomic E-state index is 13.8. The standard InChI is InChI=1S/C33H39N3O6S/c1-21-25(15-8-16-27(21)38)30(40)35-26(19-23-10-5-4-6-11-23)28(39)32(42)36-20-43-33(2,3)29(36)31(41)34-17-9-13-22-12-7-14-24(37)18-22/h4-8,10-12,14-16,18,26,28-29,37-39H,9,13,17,19-20H2,1-3H3,(H,34,41)(H,35,40)/t26-,28-,29+/m0/s1. The van der Waals surface area contributed by atoms with Crippen molar-refractivity contribution in [3.8, 4) is 11.5 Å². The van der Waals surface area contributed by atoms with Gasteiger partial charge in [0.15, 0.2) is 6.10 Å². The van der Waals surface area contributed by atoms with Gasteiger partial charge in [-0.1, -0.05) is 48.5 Å². The number of phenolic OH excluding ortho intramolecular Hbond substituents is 2. The minimum Gasteiger partial charge on any atom is -0.508 e. The fraction of sp³-hybridized carbons (Fsp3) is 0.364. The van der Waals surface area contributed by atoms with Crippen LogP contribution in [0, 0.1) is 6.92 Å². The van der Waals surface area contributed by atoms with Gasteiger partial charge in [-0.2, -0.15) is 0 Å². The van der Waals surface area contributed by atoms with Gasteiger partial charge in [0.2, 0.25) is 5.91 Å². The minimum atomic E-state index is -1.63. The molecule has 1 fully saturated rings. The Morgan fingerprint density at radius 2 is 1.70 bits per heavy atom. The molecule has 1 saturated heterocycles. The lowest BCUT2D eigenvalue weighted by molar-refractivity contribution is -0.147. The van der Waals surface area contributed by atoms with Crippen LogP contribution in [0.5, 0.6) is 11.5 Å². The summed E-state index contributed by atoms with van der Waals surface area (Å²) in [5, 5.41) is 36.9. The summed E-state index contributed by atoms with van der Waals surface area (Å²) in [6.45, 7) is 5.78. The smallest absolute Gasteiger partial charge is 0.254 e. The molecular formula is C33H39N3O6S. The highest BCUT2D eigenvalue weighted by molar-refractivity contribution is 8.00. The van der Waals surface area contributed by atoms with Crippen molar-refractivity contribution in [1.82, 2.24) is 15.5 Å². The molecule has 3 aromatic rings. The third kappa shape index (κ3) is 7.88. The number of aliphatic hydroxyl groups is 1. The number of amides is 3. The highest BCUT2D eigenvalue weighted by atomic mass is 32.2. The number of nitrogens with zero attached hydrogens (tertiary/aromatic N) is 1. The molecule has 10 heteroatoms. The Hall–Kier alpha value is -4.02. The number of rotatable bonds is 11. The van der Waals surface area contributed by atoms with Crippen LogP contribution in [0.1, 0.15) is 47.3 Å². The van der Waals surface area contributed by atoms with E-state index in [0.29, 0.717) is 24.9 Å². The first-order valence-corrected chi connectivity index (χ1v) is 15.3. The Kier molecular flexibility index (Phi) is 10.4. The molecule has 228 valence electrons. The molecule has 0 unspecified atom stereocenters. The molecule has 1 aliphatic rings. The largest absolute Gasteiger partial charge is 0.508 e. The zero-order chi connectivity index (χ0) is 31.1. The van der Waals surface area contributed by atoms with Gasteiger partial charge < -0.3 is 30.9 Å². The lowest BCUT2D eigenvalue weighted by Gasteiger charge is -2.33. The summed E-state index contributed by atoms with van der Waals surface area (Å²) in [4.78, 5) is 41.9. The summed E-state index contributed by atoms with van der Waals surface area (Å²) >= 11 is 1.45. The van der Waals surface area contributed by atoms with Crippen LogP contribution in [0.3, 0.4) is 0 Å². The summed E-state index contributed by atoms with van der Waals surface area (Å²) in [6, 6.07) is 19.0. The van der Waals surface area contributed by atoms with Crippen molar-refractivity contribution in [1.29, 1.82) is 0 Å². The number of aryl methyl sites for hydroxylation is 1. The molecule has 1 heterocycles. The van der Waals surface area contributed by atoms with Crippen LogP contribution < -0.4 is 10.6 Å². The Bertz CT molecular complexity index is 1450. The number of phenols is 2. The van der Waals surface area contributed by atoms with Crippen molar-refractivity contribution in [2.45, 2.75) is 63.0 Å². The summed E-state index contributed by atoms with van der Waals surface area (Å²) in [7, 11) is 0. The highest BCUT2D eigenvalue weighted by Gasteiger charge is 2.49. The third-order valence-corrected chi connectivity index (χ3v) is 9.10. The maximum Gasteiger partial charge on any atom is 0.254 e. The molecule has 0 saturated carbocycles. The number of thioether (sulfide) groups is 1. The Morgan fingerprint density at radius 1 is 1.00 bits per heavy atom. The topological polar surface area (TPSA) is 139 Å². The molecule has 5 N–H and O–H groups in total. The van der Waals surface area contributed by atoms with Gasteiger partial charge in [0, 0.05) is 22.4 Å². The van der Waals surface area contributed by atoms with E-state index in [2.05, 4.69) is 10.6 Å². The Morgan fingerprint density at radius 3 is 2.42 bits per heavy atom. The van der Waals surface area contributed by atoms with E-state index in [0.717, 1.165) is 11.1 Å². The van der Waals surface area contributed by atoms with E-state index < -0.39 is 34.7 Å². The first-order chi connectivity index (χ1) is 20.5. The first kappa shape index (κ1) is 31.9. The average molecular weight is 606 g/mol. The van der Waals surface area contributed by atoms with Gasteiger partial charge in [-0.3, -0.25) is 14.4 Å². The molecule has 1 aliphatic heterocycles. The van der Waals surface area contributed by atoms with E-state index in [1.54, 1.807) is 37.3 Å². The molecule has 3 amide bonds. The number of hydrogen-bond acceptors (Lipinski definition) is 7. The van der Waals surface area contributed by atoms with Gasteiger partial charge in [0.1, 0.15) is 17.5 Å². The van der Waals surface area contributed by atoms with Crippen molar-refractivity contribution in [2.75, 3.05) is 12.4 Å². The Labute approximate surface area is 256 Å². The average Bonchev–Trinajstić information content (AvgIpc) is 3.30. The second kappa shape index (κ2) is 14.0. The van der Waals surface area contributed by atoms with Gasteiger partial charge in [0.25, 0.3) is 11.8 Å². The molecule has 0 aliphatic carbocycles. The quantitative estimate of drug-likeness (QED) is 0.211. The fourth-order valence-electron chi connectivity index (χ4n) is 5.29. The Balaban J connectivity index is 1.48. The monoisotopic (exact) mass is 605 g/mol. The van der Waals surface area contributed by atoms with Crippen molar-refractivity contribution < 1.29 is 29.7 Å². The van der Waals surface area contributed by atoms with Gasteiger partial charge in [-0.15, -0.1) is 11.8 Å². The molecule has 43 heavy (non-hydrogen) atoms. The molecule has 0 spiro atoms. The number of carbonyl (C=O) groups is 3. The van der Waals surface area contributed by atoms with Gasteiger partial charge in [-0.05, 0) is 75.4 Å². The predicted molar refractivity (Wildman–Crippen MR) is 167 cm³/mol. The normalized spacial score (nSPS) is 17.2. The van der Waals surface area contributed by atoms with Crippen LogP contribution in [0.25, 0.3) is 0 Å². The number of nitrogens with one attached hydrogen (secondary N) is 2. The van der Waals surface area contributed by atoms with Gasteiger partial charge >= 0.3 is 0 Å². The number of hydrogen-bond donors (Lipinski definition) is 5. The zero-order valence-corrected chi connectivity index (χ0v) is 25.4. The summed E-state index contributed by atoms with van der Waals surface area (Å²) in [6.07, 6.45) is -0.144. The second-order valence-corrected chi connectivity index (χ2v) is 12.9. The highest BCUT2D eigenvalue weighted by Crippen LogP contribution is 2.40. The van der Waals surface area contributed by atoms with Crippen LogP contribution in [0.2, 0.25) is 0 Å². The lowest BCUT2D eigenvalue weighted by atomic mass is 9.96. The number of aromatic hydroxyl groups is 2. The third-order valence-electron chi connectivity index (χ3n) is 7.73. The van der Waals surface area contributed by atoms with Crippen LogP contribution in [-0.4, -0.2) is 73.3 Å². The number of aliphatic hydroxyl groups excluding tert-OH is 1. The summed E-state index contributed by atoms with van der Waals surface area (Å²) in [5.74, 6) is -1.12. The zero-order valence-electron chi connectivity index (χ0n) is 24.6. The van der Waals surface area contributed by atoms with Crippen molar-refractivity contribution in [3.63, 3.8) is 0 Å². The van der Waals surface area contributed by atoms with Crippen LogP contribution in [0.15, 0.2) is 72.8 Å². The molecule has 0 aromatic heterocycles.